The summed E-state index contributed by atoms with van der Waals surface area (Å²) >= 11 is 3.50. The van der Waals surface area contributed by atoms with Crippen LogP contribution in [0.2, 0.25) is 0 Å². The van der Waals surface area contributed by atoms with Crippen molar-refractivity contribution in [3.8, 4) is 5.75 Å². The number of benzene rings is 1. The van der Waals surface area contributed by atoms with Crippen molar-refractivity contribution in [2.45, 2.75) is 64.1 Å². The highest BCUT2D eigenvalue weighted by Crippen LogP contribution is 2.28. The zero-order valence-corrected chi connectivity index (χ0v) is 16.1. The molecule has 24 heavy (non-hydrogen) atoms. The number of hydrogen-bond acceptors (Lipinski definition) is 3. The summed E-state index contributed by atoms with van der Waals surface area (Å²) < 4.78 is 6.71. The highest BCUT2D eigenvalue weighted by Gasteiger charge is 2.31. The highest BCUT2D eigenvalue weighted by atomic mass is 79.9. The molecule has 3 rings (SSSR count). The Kier molecular flexibility index (Phi) is 5.82. The molecule has 1 aromatic carbocycles. The molecule has 0 bridgehead atoms. The van der Waals surface area contributed by atoms with Crippen LogP contribution in [0.5, 0.6) is 5.75 Å². The number of hydrogen-bond donors (Lipinski definition) is 1. The maximum absolute atomic E-state index is 12.4. The molecular weight excluding hydrogens is 368 g/mol. The van der Waals surface area contributed by atoms with E-state index < -0.39 is 6.10 Å². The fraction of sp³-hybridized carbons (Fsp3) is 0.632. The number of amides is 1. The van der Waals surface area contributed by atoms with Crippen LogP contribution in [0.25, 0.3) is 0 Å². The summed E-state index contributed by atoms with van der Waals surface area (Å²) in [6, 6.07) is 6.88. The van der Waals surface area contributed by atoms with E-state index >= 15 is 0 Å². The van der Waals surface area contributed by atoms with Crippen molar-refractivity contribution < 1.29 is 9.53 Å². The van der Waals surface area contributed by atoms with Crippen molar-refractivity contribution in [3.63, 3.8) is 0 Å². The van der Waals surface area contributed by atoms with E-state index in [0.29, 0.717) is 5.75 Å². The number of rotatable bonds is 5. The van der Waals surface area contributed by atoms with Gasteiger partial charge in [-0.15, -0.1) is 0 Å². The third kappa shape index (κ3) is 4.31. The van der Waals surface area contributed by atoms with Crippen molar-refractivity contribution in [2.75, 3.05) is 13.1 Å². The van der Waals surface area contributed by atoms with Crippen LogP contribution in [0, 0.1) is 6.92 Å². The molecule has 1 N–H and O–H groups in total. The number of ether oxygens (including phenoxy) is 1. The normalized spacial score (nSPS) is 23.4. The summed E-state index contributed by atoms with van der Waals surface area (Å²) in [4.78, 5) is 15.0. The van der Waals surface area contributed by atoms with Crippen molar-refractivity contribution in [2.24, 2.45) is 0 Å². The van der Waals surface area contributed by atoms with E-state index in [-0.39, 0.29) is 11.9 Å². The summed E-state index contributed by atoms with van der Waals surface area (Å²) in [5.41, 5.74) is 1.16. The molecule has 132 valence electrons. The average molecular weight is 395 g/mol. The van der Waals surface area contributed by atoms with Crippen LogP contribution >= 0.6 is 15.9 Å². The van der Waals surface area contributed by atoms with Gasteiger partial charge < -0.3 is 10.1 Å². The number of likely N-dealkylation sites (tertiary alicyclic amines) is 1. The Morgan fingerprint density at radius 3 is 2.79 bits per heavy atom. The van der Waals surface area contributed by atoms with Crippen LogP contribution in [-0.2, 0) is 4.79 Å². The molecule has 0 aromatic heterocycles. The van der Waals surface area contributed by atoms with Gasteiger partial charge in [0.15, 0.2) is 6.10 Å². The number of nitrogens with zero attached hydrogens (tertiary/aromatic N) is 1. The Morgan fingerprint density at radius 2 is 2.08 bits per heavy atom. The first kappa shape index (κ1) is 17.7. The molecule has 0 spiro atoms. The largest absolute Gasteiger partial charge is 0.480 e. The van der Waals surface area contributed by atoms with Gasteiger partial charge in [0.1, 0.15) is 5.75 Å². The second kappa shape index (κ2) is 7.87. The molecular formula is C19H27BrN2O2. The van der Waals surface area contributed by atoms with E-state index in [9.17, 15) is 4.79 Å². The number of nitrogens with one attached hydrogen (secondary N) is 1. The molecule has 2 aliphatic rings. The Bertz CT molecular complexity index is 587. The van der Waals surface area contributed by atoms with Gasteiger partial charge in [0, 0.05) is 25.2 Å². The molecule has 5 heteroatoms. The molecule has 2 fully saturated rings. The topological polar surface area (TPSA) is 41.6 Å². The van der Waals surface area contributed by atoms with Gasteiger partial charge in [-0.1, -0.05) is 18.9 Å². The third-order valence-corrected chi connectivity index (χ3v) is 5.79. The van der Waals surface area contributed by atoms with Crippen LogP contribution in [0.3, 0.4) is 0 Å². The minimum atomic E-state index is -0.496. The van der Waals surface area contributed by atoms with E-state index in [0.717, 1.165) is 35.6 Å². The van der Waals surface area contributed by atoms with Crippen LogP contribution in [0.15, 0.2) is 22.7 Å². The van der Waals surface area contributed by atoms with E-state index in [1.807, 2.05) is 32.0 Å². The molecule has 1 saturated heterocycles. The van der Waals surface area contributed by atoms with Gasteiger partial charge in [-0.05, 0) is 66.7 Å². The zero-order valence-electron chi connectivity index (χ0n) is 14.6. The summed E-state index contributed by atoms with van der Waals surface area (Å²) in [6.45, 7) is 5.93. The zero-order chi connectivity index (χ0) is 17.1. The first-order chi connectivity index (χ1) is 11.5. The predicted molar refractivity (Wildman–Crippen MR) is 99.3 cm³/mol. The molecule has 0 radical (unpaired) electrons. The van der Waals surface area contributed by atoms with Crippen LogP contribution in [-0.4, -0.2) is 42.1 Å². The van der Waals surface area contributed by atoms with Crippen molar-refractivity contribution in [3.05, 3.63) is 28.2 Å². The van der Waals surface area contributed by atoms with Crippen molar-refractivity contribution >= 4 is 21.8 Å². The molecule has 1 saturated carbocycles. The Morgan fingerprint density at radius 1 is 1.33 bits per heavy atom. The molecule has 1 aliphatic carbocycles. The fourth-order valence-corrected chi connectivity index (χ4v) is 4.36. The van der Waals surface area contributed by atoms with Gasteiger partial charge in [-0.3, -0.25) is 9.69 Å². The Balaban J connectivity index is 1.49. The first-order valence-corrected chi connectivity index (χ1v) is 9.79. The summed E-state index contributed by atoms with van der Waals surface area (Å²) in [5, 5.41) is 3.16. The standard InChI is InChI=1S/C19H27BrN2O2/c1-13-7-8-18(17(20)11-13)24-14(2)19(23)21-15-9-10-22(12-15)16-5-3-4-6-16/h7-8,11,14-16H,3-6,9-10,12H2,1-2H3,(H,21,23). The minimum absolute atomic E-state index is 0.0271. The van der Waals surface area contributed by atoms with Gasteiger partial charge in [-0.2, -0.15) is 0 Å². The van der Waals surface area contributed by atoms with Gasteiger partial charge >= 0.3 is 0 Å². The van der Waals surface area contributed by atoms with Crippen molar-refractivity contribution in [1.29, 1.82) is 0 Å². The average Bonchev–Trinajstić information content (AvgIpc) is 3.20. The van der Waals surface area contributed by atoms with Crippen LogP contribution < -0.4 is 10.1 Å². The maximum atomic E-state index is 12.4. The van der Waals surface area contributed by atoms with Gasteiger partial charge in [0.2, 0.25) is 0 Å². The van der Waals surface area contributed by atoms with E-state index in [1.165, 1.54) is 25.7 Å². The van der Waals surface area contributed by atoms with Gasteiger partial charge in [0.25, 0.3) is 5.91 Å². The number of carbonyl (C=O) groups is 1. The summed E-state index contributed by atoms with van der Waals surface area (Å²) in [7, 11) is 0. The van der Waals surface area contributed by atoms with Crippen LogP contribution in [0.4, 0.5) is 0 Å². The lowest BCUT2D eigenvalue weighted by atomic mass is 10.2. The molecule has 2 unspecified atom stereocenters. The second-order valence-corrected chi connectivity index (χ2v) is 7.98. The smallest absolute Gasteiger partial charge is 0.261 e. The molecule has 1 aromatic rings. The predicted octanol–water partition coefficient (Wildman–Crippen LogP) is 3.66. The highest BCUT2D eigenvalue weighted by molar-refractivity contribution is 9.10. The lowest BCUT2D eigenvalue weighted by molar-refractivity contribution is -0.127. The third-order valence-electron chi connectivity index (χ3n) is 5.17. The minimum Gasteiger partial charge on any atom is -0.480 e. The number of halogens is 1. The summed E-state index contributed by atoms with van der Waals surface area (Å²) in [5.74, 6) is 0.683. The first-order valence-electron chi connectivity index (χ1n) is 9.00. The number of carbonyl (C=O) groups excluding carboxylic acids is 1. The molecule has 1 amide bonds. The van der Waals surface area contributed by atoms with E-state index in [4.69, 9.17) is 4.74 Å². The molecule has 1 aliphatic heterocycles. The van der Waals surface area contributed by atoms with Gasteiger partial charge in [0.05, 0.1) is 4.47 Å². The van der Waals surface area contributed by atoms with Crippen LogP contribution in [0.1, 0.15) is 44.6 Å². The SMILES string of the molecule is Cc1ccc(OC(C)C(=O)NC2CCN(C3CCCC3)C2)c(Br)c1. The maximum Gasteiger partial charge on any atom is 0.261 e. The van der Waals surface area contributed by atoms with E-state index in [1.54, 1.807) is 0 Å². The Labute approximate surface area is 153 Å². The van der Waals surface area contributed by atoms with Crippen molar-refractivity contribution in [1.82, 2.24) is 10.2 Å². The summed E-state index contributed by atoms with van der Waals surface area (Å²) in [6.07, 6.45) is 5.90. The molecule has 1 heterocycles. The lowest BCUT2D eigenvalue weighted by Gasteiger charge is -2.24. The molecule has 2 atom stereocenters. The van der Waals surface area contributed by atoms with Gasteiger partial charge in [-0.25, -0.2) is 0 Å². The second-order valence-electron chi connectivity index (χ2n) is 7.12. The molecule has 4 nitrogen and oxygen atoms in total. The quantitative estimate of drug-likeness (QED) is 0.828. The fourth-order valence-electron chi connectivity index (χ4n) is 3.77. The number of aryl methyl sites for hydroxylation is 1. The monoisotopic (exact) mass is 394 g/mol. The van der Waals surface area contributed by atoms with E-state index in [2.05, 4.69) is 26.1 Å². The lowest BCUT2D eigenvalue weighted by Crippen LogP contribution is -2.44. The Hall–Kier alpha value is -1.07.